The maximum Gasteiger partial charge on any atom is 0.261 e. The van der Waals surface area contributed by atoms with E-state index in [9.17, 15) is 9.59 Å². The molecular formula is C22H26BrN3O4S. The number of para-hydroxylation sites is 1. The minimum absolute atomic E-state index is 0.0591. The molecule has 0 aliphatic carbocycles. The summed E-state index contributed by atoms with van der Waals surface area (Å²) in [6, 6.07) is 12.0. The highest BCUT2D eigenvalue weighted by Crippen LogP contribution is 2.23. The van der Waals surface area contributed by atoms with Crippen LogP contribution in [0.5, 0.6) is 5.75 Å². The zero-order chi connectivity index (χ0) is 23.0. The number of ether oxygens (including phenoxy) is 2. The van der Waals surface area contributed by atoms with E-state index in [2.05, 4.69) is 31.9 Å². The summed E-state index contributed by atoms with van der Waals surface area (Å²) in [5.41, 5.74) is 0.826. The van der Waals surface area contributed by atoms with Gasteiger partial charge in [-0.15, -0.1) is 0 Å². The molecule has 0 saturated carbocycles. The van der Waals surface area contributed by atoms with Gasteiger partial charge in [-0.25, -0.2) is 0 Å². The Labute approximate surface area is 196 Å². The molecule has 0 aliphatic heterocycles. The normalized spacial score (nSPS) is 10.9. The number of methoxy groups -OCH3 is 1. The first-order valence-electron chi connectivity index (χ1n) is 9.56. The van der Waals surface area contributed by atoms with Crippen molar-refractivity contribution in [3.8, 4) is 5.75 Å². The van der Waals surface area contributed by atoms with Crippen LogP contribution < -0.4 is 20.7 Å². The number of amides is 2. The van der Waals surface area contributed by atoms with Crippen LogP contribution in [0.4, 0.5) is 5.69 Å². The molecule has 3 N–H and O–H groups in total. The average Bonchev–Trinajstić information content (AvgIpc) is 2.68. The first kappa shape index (κ1) is 24.8. The Balaban J connectivity index is 2.13. The minimum Gasteiger partial charge on any atom is -0.490 e. The first-order valence-corrected chi connectivity index (χ1v) is 10.8. The third-order valence-corrected chi connectivity index (χ3v) is 4.56. The number of rotatable bonds is 7. The molecule has 0 fully saturated rings. The number of hydrogen-bond acceptors (Lipinski definition) is 5. The molecule has 2 aromatic rings. The highest BCUT2D eigenvalue weighted by atomic mass is 79.9. The first-order chi connectivity index (χ1) is 14.6. The molecule has 0 radical (unpaired) electrons. The Bertz CT molecular complexity index is 960. The molecule has 0 heterocycles. The number of thiocarbonyl (C=S) groups is 1. The summed E-state index contributed by atoms with van der Waals surface area (Å²) in [5, 5.41) is 8.54. The SMILES string of the molecule is COCCOc1ccc(Br)cc1C(=O)NC(=S)Nc1ccccc1C(=O)NC(C)(C)C. The summed E-state index contributed by atoms with van der Waals surface area (Å²) in [6.07, 6.45) is 0. The van der Waals surface area contributed by atoms with Crippen molar-refractivity contribution in [1.29, 1.82) is 0 Å². The van der Waals surface area contributed by atoms with Crippen LogP contribution in [0.2, 0.25) is 0 Å². The van der Waals surface area contributed by atoms with Crippen molar-refractivity contribution < 1.29 is 19.1 Å². The van der Waals surface area contributed by atoms with Crippen LogP contribution in [-0.2, 0) is 4.74 Å². The van der Waals surface area contributed by atoms with E-state index in [-0.39, 0.29) is 11.0 Å². The number of hydrogen-bond donors (Lipinski definition) is 3. The fourth-order valence-corrected chi connectivity index (χ4v) is 3.13. The predicted molar refractivity (Wildman–Crippen MR) is 129 cm³/mol. The van der Waals surface area contributed by atoms with E-state index in [4.69, 9.17) is 21.7 Å². The van der Waals surface area contributed by atoms with Gasteiger partial charge in [0.05, 0.1) is 23.4 Å². The average molecular weight is 508 g/mol. The molecule has 0 spiro atoms. The fraction of sp³-hybridized carbons (Fsp3) is 0.318. The highest BCUT2D eigenvalue weighted by molar-refractivity contribution is 9.10. The Morgan fingerprint density at radius 2 is 1.74 bits per heavy atom. The lowest BCUT2D eigenvalue weighted by Gasteiger charge is -2.22. The molecule has 2 amide bonds. The molecule has 2 rings (SSSR count). The van der Waals surface area contributed by atoms with Gasteiger partial charge >= 0.3 is 0 Å². The van der Waals surface area contributed by atoms with E-state index in [0.29, 0.717) is 35.8 Å². The Kier molecular flexibility index (Phi) is 8.97. The molecule has 0 aromatic heterocycles. The van der Waals surface area contributed by atoms with Gasteiger partial charge in [-0.2, -0.15) is 0 Å². The van der Waals surface area contributed by atoms with Gasteiger partial charge in [0.2, 0.25) is 0 Å². The predicted octanol–water partition coefficient (Wildman–Crippen LogP) is 4.13. The van der Waals surface area contributed by atoms with Gasteiger partial charge in [0.1, 0.15) is 12.4 Å². The molecular weight excluding hydrogens is 482 g/mol. The molecule has 0 unspecified atom stereocenters. The maximum atomic E-state index is 12.8. The summed E-state index contributed by atoms with van der Waals surface area (Å²) in [7, 11) is 1.57. The molecule has 0 bridgehead atoms. The second-order valence-corrected chi connectivity index (χ2v) is 8.96. The molecule has 0 aliphatic rings. The molecule has 166 valence electrons. The van der Waals surface area contributed by atoms with Crippen LogP contribution >= 0.6 is 28.1 Å². The molecule has 0 saturated heterocycles. The van der Waals surface area contributed by atoms with Crippen molar-refractivity contribution >= 4 is 50.8 Å². The van der Waals surface area contributed by atoms with E-state index < -0.39 is 11.4 Å². The standard InChI is InChI=1S/C22H26BrN3O4S/c1-22(2,3)26-20(28)15-7-5-6-8-17(15)24-21(31)25-19(27)16-13-14(23)9-10-18(16)30-12-11-29-4/h5-10,13H,11-12H2,1-4H3,(H,26,28)(H2,24,25,27,31). The zero-order valence-electron chi connectivity index (χ0n) is 17.9. The zero-order valence-corrected chi connectivity index (χ0v) is 20.3. The maximum absolute atomic E-state index is 12.8. The molecule has 9 heteroatoms. The largest absolute Gasteiger partial charge is 0.490 e. The minimum atomic E-state index is -0.442. The Morgan fingerprint density at radius 1 is 1.03 bits per heavy atom. The van der Waals surface area contributed by atoms with Crippen LogP contribution in [0.3, 0.4) is 0 Å². The van der Waals surface area contributed by atoms with Crippen molar-refractivity contribution in [1.82, 2.24) is 10.6 Å². The van der Waals surface area contributed by atoms with Crippen LogP contribution in [0.1, 0.15) is 41.5 Å². The number of carbonyl (C=O) groups is 2. The van der Waals surface area contributed by atoms with Gasteiger partial charge in [-0.3, -0.25) is 14.9 Å². The highest BCUT2D eigenvalue weighted by Gasteiger charge is 2.19. The lowest BCUT2D eigenvalue weighted by Crippen LogP contribution is -2.41. The van der Waals surface area contributed by atoms with Gasteiger partial charge in [0.15, 0.2) is 5.11 Å². The summed E-state index contributed by atoms with van der Waals surface area (Å²) in [6.45, 7) is 6.39. The summed E-state index contributed by atoms with van der Waals surface area (Å²) in [4.78, 5) is 25.4. The van der Waals surface area contributed by atoms with Crippen LogP contribution in [0, 0.1) is 0 Å². The van der Waals surface area contributed by atoms with Crippen molar-refractivity contribution in [2.24, 2.45) is 0 Å². The van der Waals surface area contributed by atoms with E-state index >= 15 is 0 Å². The van der Waals surface area contributed by atoms with E-state index in [1.165, 1.54) is 0 Å². The lowest BCUT2D eigenvalue weighted by molar-refractivity contribution is 0.0919. The van der Waals surface area contributed by atoms with Gasteiger partial charge in [0.25, 0.3) is 11.8 Å². The van der Waals surface area contributed by atoms with E-state index in [0.717, 1.165) is 4.47 Å². The number of carbonyl (C=O) groups excluding carboxylic acids is 2. The number of nitrogens with one attached hydrogen (secondary N) is 3. The quantitative estimate of drug-likeness (QED) is 0.385. The third-order valence-electron chi connectivity index (χ3n) is 3.87. The number of benzene rings is 2. The molecule has 2 aromatic carbocycles. The number of halogens is 1. The number of anilines is 1. The van der Waals surface area contributed by atoms with Gasteiger partial charge in [-0.1, -0.05) is 28.1 Å². The van der Waals surface area contributed by atoms with Crippen LogP contribution in [-0.4, -0.2) is 42.8 Å². The van der Waals surface area contributed by atoms with Crippen molar-refractivity contribution in [3.05, 3.63) is 58.1 Å². The van der Waals surface area contributed by atoms with E-state index in [1.54, 1.807) is 49.6 Å². The van der Waals surface area contributed by atoms with Crippen molar-refractivity contribution in [2.45, 2.75) is 26.3 Å². The summed E-state index contributed by atoms with van der Waals surface area (Å²) in [5.74, 6) is -0.279. The third kappa shape index (κ3) is 7.93. The molecule has 7 nitrogen and oxygen atoms in total. The smallest absolute Gasteiger partial charge is 0.261 e. The topological polar surface area (TPSA) is 88.7 Å². The van der Waals surface area contributed by atoms with Gasteiger partial charge < -0.3 is 20.1 Å². The Hall–Kier alpha value is -2.49. The monoisotopic (exact) mass is 507 g/mol. The van der Waals surface area contributed by atoms with Crippen LogP contribution in [0.15, 0.2) is 46.9 Å². The Morgan fingerprint density at radius 3 is 2.42 bits per heavy atom. The van der Waals surface area contributed by atoms with Crippen molar-refractivity contribution in [2.75, 3.05) is 25.6 Å². The van der Waals surface area contributed by atoms with E-state index in [1.807, 2.05) is 20.8 Å². The second-order valence-electron chi connectivity index (χ2n) is 7.64. The molecule has 0 atom stereocenters. The van der Waals surface area contributed by atoms with Crippen molar-refractivity contribution in [3.63, 3.8) is 0 Å². The summed E-state index contributed by atoms with van der Waals surface area (Å²) >= 11 is 8.67. The second kappa shape index (κ2) is 11.2. The lowest BCUT2D eigenvalue weighted by atomic mass is 10.1. The summed E-state index contributed by atoms with van der Waals surface area (Å²) < 4.78 is 11.3. The van der Waals surface area contributed by atoms with Crippen LogP contribution in [0.25, 0.3) is 0 Å². The van der Waals surface area contributed by atoms with Gasteiger partial charge in [-0.05, 0) is 63.3 Å². The molecule has 31 heavy (non-hydrogen) atoms. The van der Waals surface area contributed by atoms with Gasteiger partial charge in [0, 0.05) is 17.1 Å². The fourth-order valence-electron chi connectivity index (χ4n) is 2.56.